The molecule has 0 aromatic heterocycles. The number of amides is 1. The van der Waals surface area contributed by atoms with E-state index < -0.39 is 5.97 Å². The molecule has 4 heteroatoms. The molecule has 1 saturated carbocycles. The average Bonchev–Trinajstić information content (AvgIpc) is 2.58. The minimum atomic E-state index is -0.741. The summed E-state index contributed by atoms with van der Waals surface area (Å²) in [6, 6.07) is 8.14. The van der Waals surface area contributed by atoms with Crippen molar-refractivity contribution in [3.63, 3.8) is 0 Å². The van der Waals surface area contributed by atoms with Gasteiger partial charge in [-0.15, -0.1) is 0 Å². The van der Waals surface area contributed by atoms with Gasteiger partial charge >= 0.3 is 5.97 Å². The number of carbonyl (C=O) groups is 2. The monoisotopic (exact) mass is 329 g/mol. The second-order valence-corrected chi connectivity index (χ2v) is 6.89. The Morgan fingerprint density at radius 3 is 2.50 bits per heavy atom. The lowest BCUT2D eigenvalue weighted by Crippen LogP contribution is -2.36. The summed E-state index contributed by atoms with van der Waals surface area (Å²) in [6.07, 6.45) is 6.90. The van der Waals surface area contributed by atoms with E-state index in [4.69, 9.17) is 0 Å². The number of hydrogen-bond acceptors (Lipinski definition) is 2. The lowest BCUT2D eigenvalue weighted by molar-refractivity contribution is -0.145. The van der Waals surface area contributed by atoms with Crippen LogP contribution in [0.15, 0.2) is 30.3 Å². The van der Waals surface area contributed by atoms with Crippen molar-refractivity contribution in [2.75, 3.05) is 6.54 Å². The van der Waals surface area contributed by atoms with Crippen LogP contribution in [0.5, 0.6) is 0 Å². The zero-order valence-electron chi connectivity index (χ0n) is 14.5. The van der Waals surface area contributed by atoms with E-state index >= 15 is 0 Å². The van der Waals surface area contributed by atoms with E-state index in [0.717, 1.165) is 24.8 Å². The van der Waals surface area contributed by atoms with Gasteiger partial charge in [0.05, 0.1) is 5.92 Å². The van der Waals surface area contributed by atoms with E-state index in [2.05, 4.69) is 31.3 Å². The van der Waals surface area contributed by atoms with Gasteiger partial charge in [-0.25, -0.2) is 0 Å². The van der Waals surface area contributed by atoms with Crippen molar-refractivity contribution in [2.45, 2.75) is 45.4 Å². The molecule has 2 N–H and O–H groups in total. The molecule has 1 aliphatic rings. The van der Waals surface area contributed by atoms with Crippen molar-refractivity contribution in [3.05, 3.63) is 41.5 Å². The van der Waals surface area contributed by atoms with Gasteiger partial charge in [0, 0.05) is 12.6 Å². The van der Waals surface area contributed by atoms with E-state index in [0.29, 0.717) is 18.9 Å². The third kappa shape index (κ3) is 5.22. The summed E-state index contributed by atoms with van der Waals surface area (Å²) in [4.78, 5) is 23.2. The molecular formula is C20H27NO3. The molecule has 1 aromatic rings. The van der Waals surface area contributed by atoms with Crippen molar-refractivity contribution in [3.8, 4) is 0 Å². The first-order chi connectivity index (χ1) is 11.5. The predicted molar refractivity (Wildman–Crippen MR) is 95.7 cm³/mol. The Morgan fingerprint density at radius 2 is 1.88 bits per heavy atom. The molecule has 0 spiro atoms. The van der Waals surface area contributed by atoms with Crippen molar-refractivity contribution in [1.82, 2.24) is 5.32 Å². The van der Waals surface area contributed by atoms with Crippen LogP contribution in [0.3, 0.4) is 0 Å². The van der Waals surface area contributed by atoms with E-state index in [1.807, 2.05) is 12.1 Å². The first-order valence-corrected chi connectivity index (χ1v) is 8.76. The standard InChI is InChI=1S/C20H27NO3/c1-14(2)16-10-7-15(8-11-16)9-12-19(22)21-13-17-5-3-4-6-18(17)20(23)24/h7-12,14,17-18H,3-6,13H2,1-2H3,(H,21,22)(H,23,24)/b12-9+/t17-,18-/m0/s1. The second kappa shape index (κ2) is 8.67. The van der Waals surface area contributed by atoms with E-state index in [9.17, 15) is 14.7 Å². The number of nitrogens with one attached hydrogen (secondary N) is 1. The Hall–Kier alpha value is -2.10. The minimum absolute atomic E-state index is 0.0407. The fourth-order valence-electron chi connectivity index (χ4n) is 3.23. The van der Waals surface area contributed by atoms with Gasteiger partial charge < -0.3 is 10.4 Å². The number of carboxylic acid groups (broad SMARTS) is 1. The van der Waals surface area contributed by atoms with Crippen LogP contribution in [0.4, 0.5) is 0 Å². The third-order valence-corrected chi connectivity index (χ3v) is 4.80. The topological polar surface area (TPSA) is 66.4 Å². The molecule has 4 nitrogen and oxygen atoms in total. The molecule has 1 amide bonds. The molecule has 0 heterocycles. The highest BCUT2D eigenvalue weighted by atomic mass is 16.4. The molecule has 130 valence electrons. The van der Waals surface area contributed by atoms with Crippen LogP contribution in [0.1, 0.15) is 56.6 Å². The predicted octanol–water partition coefficient (Wildman–Crippen LogP) is 3.83. The Morgan fingerprint density at radius 1 is 1.21 bits per heavy atom. The molecule has 0 aliphatic heterocycles. The summed E-state index contributed by atoms with van der Waals surface area (Å²) in [5, 5.41) is 12.1. The highest BCUT2D eigenvalue weighted by molar-refractivity contribution is 5.91. The maximum absolute atomic E-state index is 12.0. The van der Waals surface area contributed by atoms with Gasteiger partial charge in [0.25, 0.3) is 0 Å². The maximum atomic E-state index is 12.0. The van der Waals surface area contributed by atoms with Gasteiger partial charge in [-0.05, 0) is 41.9 Å². The molecule has 1 aromatic carbocycles. The largest absolute Gasteiger partial charge is 0.481 e. The summed E-state index contributed by atoms with van der Waals surface area (Å²) >= 11 is 0. The number of benzene rings is 1. The summed E-state index contributed by atoms with van der Waals surface area (Å²) in [7, 11) is 0. The SMILES string of the molecule is CC(C)c1ccc(/C=C/C(=O)NC[C@@H]2CCCC[C@@H]2C(=O)O)cc1. The van der Waals surface area contributed by atoms with Crippen LogP contribution in [-0.2, 0) is 9.59 Å². The third-order valence-electron chi connectivity index (χ3n) is 4.80. The van der Waals surface area contributed by atoms with Gasteiger partial charge in [-0.3, -0.25) is 9.59 Å². The Kier molecular flexibility index (Phi) is 6.59. The average molecular weight is 329 g/mol. The molecule has 24 heavy (non-hydrogen) atoms. The molecule has 1 aliphatic carbocycles. The van der Waals surface area contributed by atoms with Crippen molar-refractivity contribution in [2.24, 2.45) is 11.8 Å². The Labute approximate surface area is 144 Å². The maximum Gasteiger partial charge on any atom is 0.306 e. The smallest absolute Gasteiger partial charge is 0.306 e. The number of hydrogen-bond donors (Lipinski definition) is 2. The second-order valence-electron chi connectivity index (χ2n) is 6.89. The van der Waals surface area contributed by atoms with Gasteiger partial charge in [0.1, 0.15) is 0 Å². The normalized spacial score (nSPS) is 21.1. The molecule has 0 radical (unpaired) electrons. The van der Waals surface area contributed by atoms with Gasteiger partial charge in [-0.1, -0.05) is 51.0 Å². The highest BCUT2D eigenvalue weighted by Gasteiger charge is 2.30. The Bertz CT molecular complexity index is 589. The lowest BCUT2D eigenvalue weighted by Gasteiger charge is -2.28. The van der Waals surface area contributed by atoms with Gasteiger partial charge in [-0.2, -0.15) is 0 Å². The molecule has 0 saturated heterocycles. The van der Waals surface area contributed by atoms with Crippen molar-refractivity contribution in [1.29, 1.82) is 0 Å². The fourth-order valence-corrected chi connectivity index (χ4v) is 3.23. The molecule has 0 bridgehead atoms. The first-order valence-electron chi connectivity index (χ1n) is 8.76. The summed E-state index contributed by atoms with van der Waals surface area (Å²) < 4.78 is 0. The van der Waals surface area contributed by atoms with Gasteiger partial charge in [0.15, 0.2) is 0 Å². The number of rotatable bonds is 6. The lowest BCUT2D eigenvalue weighted by atomic mass is 9.79. The van der Waals surface area contributed by atoms with Gasteiger partial charge in [0.2, 0.25) is 5.91 Å². The molecular weight excluding hydrogens is 302 g/mol. The van der Waals surface area contributed by atoms with E-state index in [1.54, 1.807) is 6.08 Å². The fraction of sp³-hybridized carbons (Fsp3) is 0.500. The first kappa shape index (κ1) is 18.2. The van der Waals surface area contributed by atoms with Crippen LogP contribution in [0.2, 0.25) is 0 Å². The minimum Gasteiger partial charge on any atom is -0.481 e. The van der Waals surface area contributed by atoms with Crippen LogP contribution < -0.4 is 5.32 Å². The highest BCUT2D eigenvalue weighted by Crippen LogP contribution is 2.29. The van der Waals surface area contributed by atoms with E-state index in [-0.39, 0.29) is 17.7 Å². The molecule has 2 atom stereocenters. The molecule has 2 rings (SSSR count). The summed E-state index contributed by atoms with van der Waals surface area (Å²) in [6.45, 7) is 4.73. The molecule has 0 unspecified atom stereocenters. The van der Waals surface area contributed by atoms with Crippen LogP contribution >= 0.6 is 0 Å². The van der Waals surface area contributed by atoms with Crippen LogP contribution in [-0.4, -0.2) is 23.5 Å². The zero-order chi connectivity index (χ0) is 17.5. The summed E-state index contributed by atoms with van der Waals surface area (Å²) in [5.74, 6) is -0.707. The number of aliphatic carboxylic acids is 1. The van der Waals surface area contributed by atoms with Crippen molar-refractivity contribution >= 4 is 18.0 Å². The van der Waals surface area contributed by atoms with Crippen molar-refractivity contribution < 1.29 is 14.7 Å². The molecule has 1 fully saturated rings. The number of carbonyl (C=O) groups excluding carboxylic acids is 1. The summed E-state index contributed by atoms with van der Waals surface area (Å²) in [5.41, 5.74) is 2.25. The van der Waals surface area contributed by atoms with Crippen LogP contribution in [0, 0.1) is 11.8 Å². The number of carboxylic acids is 1. The van der Waals surface area contributed by atoms with Crippen LogP contribution in [0.25, 0.3) is 6.08 Å². The zero-order valence-corrected chi connectivity index (χ0v) is 14.5. The van der Waals surface area contributed by atoms with E-state index in [1.165, 1.54) is 11.6 Å². The Balaban J connectivity index is 1.85. The quantitative estimate of drug-likeness (QED) is 0.780.